The summed E-state index contributed by atoms with van der Waals surface area (Å²) in [6.45, 7) is 4.08. The second-order valence-electron chi connectivity index (χ2n) is 5.60. The Morgan fingerprint density at radius 1 is 1.14 bits per heavy atom. The van der Waals surface area contributed by atoms with E-state index in [4.69, 9.17) is 4.74 Å². The van der Waals surface area contributed by atoms with Crippen LogP contribution >= 0.6 is 11.3 Å². The monoisotopic (exact) mass is 315 g/mol. The molecule has 1 fully saturated rings. The minimum absolute atomic E-state index is 0.158. The van der Waals surface area contributed by atoms with E-state index in [0.717, 1.165) is 22.7 Å². The molecule has 1 aromatic carbocycles. The number of likely N-dealkylation sites (tertiary alicyclic amines) is 1. The number of ketones is 1. The van der Waals surface area contributed by atoms with Gasteiger partial charge < -0.3 is 4.74 Å². The summed E-state index contributed by atoms with van der Waals surface area (Å²) >= 11 is 1.62. The average Bonchev–Trinajstić information content (AvgIpc) is 3.21. The van der Waals surface area contributed by atoms with Crippen LogP contribution in [-0.2, 0) is 6.42 Å². The Balaban J connectivity index is 1.48. The Bertz CT molecular complexity index is 586. The van der Waals surface area contributed by atoms with Crippen LogP contribution in [0.2, 0.25) is 0 Å². The van der Waals surface area contributed by atoms with Crippen molar-refractivity contribution in [1.82, 2.24) is 4.90 Å². The van der Waals surface area contributed by atoms with E-state index in [9.17, 15) is 4.79 Å². The number of thiophene rings is 1. The van der Waals surface area contributed by atoms with Gasteiger partial charge in [-0.25, -0.2) is 0 Å². The summed E-state index contributed by atoms with van der Waals surface area (Å²) in [7, 11) is 0. The van der Waals surface area contributed by atoms with E-state index in [1.54, 1.807) is 11.3 Å². The molecule has 116 valence electrons. The van der Waals surface area contributed by atoms with Crippen LogP contribution in [0.25, 0.3) is 0 Å². The van der Waals surface area contributed by atoms with Crippen molar-refractivity contribution < 1.29 is 9.53 Å². The first-order chi connectivity index (χ1) is 10.8. The maximum Gasteiger partial charge on any atom is 0.168 e. The van der Waals surface area contributed by atoms with E-state index in [1.165, 1.54) is 25.9 Å². The molecule has 4 heteroatoms. The summed E-state index contributed by atoms with van der Waals surface area (Å²) in [5.41, 5.74) is 0.750. The van der Waals surface area contributed by atoms with Crippen molar-refractivity contribution in [1.29, 1.82) is 0 Å². The van der Waals surface area contributed by atoms with Gasteiger partial charge in [-0.2, -0.15) is 0 Å². The summed E-state index contributed by atoms with van der Waals surface area (Å²) in [6.07, 6.45) is 3.09. The van der Waals surface area contributed by atoms with E-state index >= 15 is 0 Å². The number of hydrogen-bond donors (Lipinski definition) is 0. The predicted molar refractivity (Wildman–Crippen MR) is 90.0 cm³/mol. The predicted octanol–water partition coefficient (Wildman–Crippen LogP) is 3.65. The van der Waals surface area contributed by atoms with Crippen molar-refractivity contribution in [2.45, 2.75) is 19.3 Å². The van der Waals surface area contributed by atoms with Gasteiger partial charge in [0, 0.05) is 23.4 Å². The summed E-state index contributed by atoms with van der Waals surface area (Å²) in [4.78, 5) is 15.7. The van der Waals surface area contributed by atoms with Gasteiger partial charge in [-0.05, 0) is 61.6 Å². The molecule has 0 radical (unpaired) electrons. The molecule has 1 aliphatic heterocycles. The van der Waals surface area contributed by atoms with Gasteiger partial charge in [-0.1, -0.05) is 6.07 Å². The fourth-order valence-corrected chi connectivity index (χ4v) is 3.41. The number of ether oxygens (including phenoxy) is 1. The average molecular weight is 315 g/mol. The Morgan fingerprint density at radius 2 is 1.91 bits per heavy atom. The Morgan fingerprint density at radius 3 is 2.59 bits per heavy atom. The molecule has 1 aromatic heterocycles. The molecule has 22 heavy (non-hydrogen) atoms. The smallest absolute Gasteiger partial charge is 0.168 e. The van der Waals surface area contributed by atoms with Crippen molar-refractivity contribution >= 4 is 17.1 Å². The molecule has 2 aromatic rings. The molecule has 3 rings (SSSR count). The molecule has 0 unspecified atom stereocenters. The van der Waals surface area contributed by atoms with Crippen molar-refractivity contribution in [3.63, 3.8) is 0 Å². The lowest BCUT2D eigenvalue weighted by molar-refractivity contribution is 0.0994. The molecule has 0 bridgehead atoms. The van der Waals surface area contributed by atoms with E-state index in [-0.39, 0.29) is 5.78 Å². The van der Waals surface area contributed by atoms with Crippen molar-refractivity contribution in [3.05, 3.63) is 52.2 Å². The second kappa shape index (κ2) is 7.56. The first-order valence-corrected chi connectivity index (χ1v) is 8.70. The summed E-state index contributed by atoms with van der Waals surface area (Å²) in [5, 5.41) is 2.00. The molecule has 0 amide bonds. The molecule has 1 saturated heterocycles. The van der Waals surface area contributed by atoms with Gasteiger partial charge in [-0.15, -0.1) is 11.3 Å². The number of rotatable bonds is 7. The minimum atomic E-state index is 0.158. The van der Waals surface area contributed by atoms with Crippen LogP contribution in [-0.4, -0.2) is 36.9 Å². The fraction of sp³-hybridized carbons (Fsp3) is 0.389. The number of Topliss-reactive ketones (excluding diaryl/α,β-unsaturated/α-hetero) is 1. The number of carbonyl (C=O) groups excluding carboxylic acids is 1. The second-order valence-corrected chi connectivity index (χ2v) is 6.63. The van der Waals surface area contributed by atoms with Crippen LogP contribution in [0, 0.1) is 0 Å². The third-order valence-corrected chi connectivity index (χ3v) is 4.84. The largest absolute Gasteiger partial charge is 0.492 e. The summed E-state index contributed by atoms with van der Waals surface area (Å²) < 4.78 is 5.76. The Hall–Kier alpha value is -1.65. The Kier molecular flexibility index (Phi) is 5.24. The first kappa shape index (κ1) is 15.3. The number of hydrogen-bond acceptors (Lipinski definition) is 4. The highest BCUT2D eigenvalue weighted by molar-refractivity contribution is 7.10. The van der Waals surface area contributed by atoms with E-state index < -0.39 is 0 Å². The third kappa shape index (κ3) is 4.18. The van der Waals surface area contributed by atoms with Crippen molar-refractivity contribution in [3.8, 4) is 5.75 Å². The van der Waals surface area contributed by atoms with E-state index in [1.807, 2.05) is 41.8 Å². The third-order valence-electron chi connectivity index (χ3n) is 3.97. The Labute approximate surface area is 135 Å². The molecule has 0 aliphatic carbocycles. The maximum atomic E-state index is 12.2. The molecule has 1 aliphatic rings. The summed E-state index contributed by atoms with van der Waals surface area (Å²) in [6, 6.07) is 11.5. The van der Waals surface area contributed by atoms with Gasteiger partial charge >= 0.3 is 0 Å². The van der Waals surface area contributed by atoms with Gasteiger partial charge in [-0.3, -0.25) is 9.69 Å². The van der Waals surface area contributed by atoms with Gasteiger partial charge in [0.05, 0.1) is 0 Å². The van der Waals surface area contributed by atoms with Crippen LogP contribution in [0.3, 0.4) is 0 Å². The highest BCUT2D eigenvalue weighted by Gasteiger charge is 2.11. The zero-order valence-corrected chi connectivity index (χ0v) is 13.5. The molecule has 0 N–H and O–H groups in total. The van der Waals surface area contributed by atoms with E-state index in [0.29, 0.717) is 13.0 Å². The van der Waals surface area contributed by atoms with Crippen LogP contribution < -0.4 is 4.74 Å². The first-order valence-electron chi connectivity index (χ1n) is 7.82. The maximum absolute atomic E-state index is 12.2. The zero-order valence-electron chi connectivity index (χ0n) is 12.7. The van der Waals surface area contributed by atoms with Gasteiger partial charge in [0.2, 0.25) is 0 Å². The van der Waals surface area contributed by atoms with Gasteiger partial charge in [0.25, 0.3) is 0 Å². The number of carbonyl (C=O) groups is 1. The normalized spacial score (nSPS) is 15.1. The molecule has 0 spiro atoms. The molecule has 3 nitrogen and oxygen atoms in total. The summed E-state index contributed by atoms with van der Waals surface area (Å²) in [5.74, 6) is 0.998. The number of benzene rings is 1. The van der Waals surface area contributed by atoms with Gasteiger partial charge in [0.1, 0.15) is 12.4 Å². The lowest BCUT2D eigenvalue weighted by Gasteiger charge is -2.14. The van der Waals surface area contributed by atoms with Crippen LogP contribution in [0.1, 0.15) is 28.1 Å². The lowest BCUT2D eigenvalue weighted by atomic mass is 10.1. The van der Waals surface area contributed by atoms with Crippen LogP contribution in [0.5, 0.6) is 5.75 Å². The quantitative estimate of drug-likeness (QED) is 0.731. The standard InChI is InChI=1S/C18H21NO2S/c20-18(14-17-4-3-13-22-17)15-5-7-16(8-6-15)21-12-11-19-9-1-2-10-19/h3-8,13H,1-2,9-12,14H2. The highest BCUT2D eigenvalue weighted by atomic mass is 32.1. The topological polar surface area (TPSA) is 29.5 Å². The molecular weight excluding hydrogens is 294 g/mol. The fourth-order valence-electron chi connectivity index (χ4n) is 2.71. The van der Waals surface area contributed by atoms with E-state index in [2.05, 4.69) is 4.90 Å². The van der Waals surface area contributed by atoms with Crippen molar-refractivity contribution in [2.24, 2.45) is 0 Å². The lowest BCUT2D eigenvalue weighted by Crippen LogP contribution is -2.25. The molecule has 2 heterocycles. The molecular formula is C18H21NO2S. The van der Waals surface area contributed by atoms with Crippen LogP contribution in [0.15, 0.2) is 41.8 Å². The number of nitrogens with zero attached hydrogens (tertiary/aromatic N) is 1. The SMILES string of the molecule is O=C(Cc1cccs1)c1ccc(OCCN2CCCC2)cc1. The molecule has 0 saturated carbocycles. The van der Waals surface area contributed by atoms with Crippen molar-refractivity contribution in [2.75, 3.05) is 26.2 Å². The van der Waals surface area contributed by atoms with Gasteiger partial charge in [0.15, 0.2) is 5.78 Å². The minimum Gasteiger partial charge on any atom is -0.492 e. The zero-order chi connectivity index (χ0) is 15.2. The molecule has 0 atom stereocenters. The van der Waals surface area contributed by atoms with Crippen LogP contribution in [0.4, 0.5) is 0 Å². The highest BCUT2D eigenvalue weighted by Crippen LogP contribution is 2.16.